The Bertz CT molecular complexity index is 526. The second kappa shape index (κ2) is 5.25. The molecule has 0 saturated carbocycles. The van der Waals surface area contributed by atoms with E-state index in [2.05, 4.69) is 0 Å². The molecule has 0 aliphatic rings. The van der Waals surface area contributed by atoms with Crippen LogP contribution in [0.15, 0.2) is 16.9 Å². The topological polar surface area (TPSA) is 88.9 Å². The summed E-state index contributed by atoms with van der Waals surface area (Å²) in [5.74, 6) is 0.306. The van der Waals surface area contributed by atoms with Gasteiger partial charge in [0.2, 0.25) is 0 Å². The lowest BCUT2D eigenvalue weighted by atomic mass is 10.1. The Morgan fingerprint density at radius 3 is 2.65 bits per heavy atom. The zero-order chi connectivity index (χ0) is 13.0. The zero-order valence-corrected chi connectivity index (χ0v) is 9.71. The van der Waals surface area contributed by atoms with E-state index in [1.54, 1.807) is 0 Å². The number of hydrogen-bond donors (Lipinski definition) is 0. The predicted molar refractivity (Wildman–Crippen MR) is 61.5 cm³/mol. The minimum atomic E-state index is -0.727. The minimum Gasteiger partial charge on any atom is -0.293 e. The maximum atomic E-state index is 11.8. The van der Waals surface area contributed by atoms with Gasteiger partial charge in [-0.15, -0.1) is 0 Å². The van der Waals surface area contributed by atoms with Crippen molar-refractivity contribution in [3.8, 4) is 6.07 Å². The first-order chi connectivity index (χ1) is 7.97. The summed E-state index contributed by atoms with van der Waals surface area (Å²) in [6, 6.07) is 4.59. The van der Waals surface area contributed by atoms with E-state index >= 15 is 0 Å². The van der Waals surface area contributed by atoms with Crippen molar-refractivity contribution >= 4 is 5.69 Å². The van der Waals surface area contributed by atoms with Crippen LogP contribution in [0.3, 0.4) is 0 Å². The van der Waals surface area contributed by atoms with Crippen LogP contribution in [0.2, 0.25) is 0 Å². The van der Waals surface area contributed by atoms with E-state index in [1.165, 1.54) is 12.1 Å². The van der Waals surface area contributed by atoms with Crippen LogP contribution in [0, 0.1) is 27.4 Å². The molecule has 0 spiro atoms. The lowest BCUT2D eigenvalue weighted by Gasteiger charge is -2.11. The van der Waals surface area contributed by atoms with Gasteiger partial charge < -0.3 is 0 Å². The molecule has 1 aromatic rings. The van der Waals surface area contributed by atoms with Crippen molar-refractivity contribution in [1.29, 1.82) is 5.26 Å². The van der Waals surface area contributed by atoms with Crippen LogP contribution in [0.1, 0.15) is 19.5 Å². The van der Waals surface area contributed by atoms with E-state index in [4.69, 9.17) is 5.26 Å². The molecule has 0 unspecified atom stereocenters. The van der Waals surface area contributed by atoms with Crippen molar-refractivity contribution in [2.24, 2.45) is 5.92 Å². The molecule has 0 saturated heterocycles. The number of aromatic nitrogens is 1. The van der Waals surface area contributed by atoms with Gasteiger partial charge in [-0.05, 0) is 18.4 Å². The zero-order valence-electron chi connectivity index (χ0n) is 9.71. The maximum Gasteiger partial charge on any atom is 0.334 e. The lowest BCUT2D eigenvalue weighted by molar-refractivity contribution is -0.386. The molecule has 0 atom stereocenters. The van der Waals surface area contributed by atoms with Crippen LogP contribution in [0.25, 0.3) is 0 Å². The smallest absolute Gasteiger partial charge is 0.293 e. The van der Waals surface area contributed by atoms with E-state index < -0.39 is 16.2 Å². The average molecular weight is 235 g/mol. The van der Waals surface area contributed by atoms with Gasteiger partial charge >= 0.3 is 11.2 Å². The molecule has 0 aliphatic heterocycles. The first kappa shape index (κ1) is 12.9. The van der Waals surface area contributed by atoms with Crippen LogP contribution in [0.4, 0.5) is 5.69 Å². The summed E-state index contributed by atoms with van der Waals surface area (Å²) in [7, 11) is 0. The third-order valence-corrected chi connectivity index (χ3v) is 2.29. The Balaban J connectivity index is 3.35. The van der Waals surface area contributed by atoms with Crippen molar-refractivity contribution in [3.63, 3.8) is 0 Å². The molecule has 0 aromatic carbocycles. The fraction of sp³-hybridized carbons (Fsp3) is 0.455. The minimum absolute atomic E-state index is 0.164. The molecule has 0 N–H and O–H groups in total. The molecule has 6 nitrogen and oxygen atoms in total. The molecule has 6 heteroatoms. The van der Waals surface area contributed by atoms with Gasteiger partial charge in [-0.3, -0.25) is 19.5 Å². The predicted octanol–water partition coefficient (Wildman–Crippen LogP) is 1.48. The Hall–Kier alpha value is -2.16. The lowest BCUT2D eigenvalue weighted by Crippen LogP contribution is -2.25. The van der Waals surface area contributed by atoms with E-state index in [9.17, 15) is 14.9 Å². The Kier molecular flexibility index (Phi) is 3.99. The molecule has 17 heavy (non-hydrogen) atoms. The molecule has 1 heterocycles. The van der Waals surface area contributed by atoms with E-state index in [0.717, 1.165) is 4.57 Å². The molecule has 0 fully saturated rings. The van der Waals surface area contributed by atoms with E-state index in [1.807, 2.05) is 19.9 Å². The summed E-state index contributed by atoms with van der Waals surface area (Å²) < 4.78 is 1.16. The molecule has 1 rings (SSSR count). The first-order valence-electron chi connectivity index (χ1n) is 5.21. The van der Waals surface area contributed by atoms with Crippen molar-refractivity contribution in [1.82, 2.24) is 4.57 Å². The van der Waals surface area contributed by atoms with Crippen LogP contribution < -0.4 is 5.56 Å². The van der Waals surface area contributed by atoms with E-state index in [0.29, 0.717) is 18.0 Å². The molecule has 0 radical (unpaired) electrons. The SMILES string of the molecule is CC(C)Cc1ccc([N+](=O)[O-])c(=O)n1CC#N. The van der Waals surface area contributed by atoms with Gasteiger partial charge in [-0.25, -0.2) is 0 Å². The fourth-order valence-corrected chi connectivity index (χ4v) is 1.58. The highest BCUT2D eigenvalue weighted by molar-refractivity contribution is 5.29. The third kappa shape index (κ3) is 2.91. The molecule has 90 valence electrons. The number of nitrogens with zero attached hydrogens (tertiary/aromatic N) is 3. The molecule has 0 aliphatic carbocycles. The molecular formula is C11H13N3O3. The molecule has 0 amide bonds. The summed E-state index contributed by atoms with van der Waals surface area (Å²) in [6.45, 7) is 3.79. The first-order valence-corrected chi connectivity index (χ1v) is 5.21. The summed E-state index contributed by atoms with van der Waals surface area (Å²) in [5, 5.41) is 19.3. The molecule has 1 aromatic heterocycles. The van der Waals surface area contributed by atoms with Crippen molar-refractivity contribution in [3.05, 3.63) is 38.3 Å². The molecular weight excluding hydrogens is 222 g/mol. The van der Waals surface area contributed by atoms with Crippen molar-refractivity contribution < 1.29 is 4.92 Å². The van der Waals surface area contributed by atoms with Crippen molar-refractivity contribution in [2.45, 2.75) is 26.8 Å². The van der Waals surface area contributed by atoms with Crippen molar-refractivity contribution in [2.75, 3.05) is 0 Å². The quantitative estimate of drug-likeness (QED) is 0.584. The van der Waals surface area contributed by atoms with Gasteiger partial charge in [0.15, 0.2) is 0 Å². The number of nitro groups is 1. The summed E-state index contributed by atoms with van der Waals surface area (Å²) in [4.78, 5) is 21.7. The van der Waals surface area contributed by atoms with Crippen LogP contribution >= 0.6 is 0 Å². The number of rotatable bonds is 4. The largest absolute Gasteiger partial charge is 0.334 e. The monoisotopic (exact) mass is 235 g/mol. The van der Waals surface area contributed by atoms with Gasteiger partial charge in [0.1, 0.15) is 6.54 Å². The van der Waals surface area contributed by atoms with Gasteiger partial charge in [0.25, 0.3) is 0 Å². The van der Waals surface area contributed by atoms with Gasteiger partial charge in [-0.2, -0.15) is 5.26 Å². The summed E-state index contributed by atoms with van der Waals surface area (Å²) in [6.07, 6.45) is 0.606. The Morgan fingerprint density at radius 2 is 2.18 bits per heavy atom. The highest BCUT2D eigenvalue weighted by atomic mass is 16.6. The second-order valence-electron chi connectivity index (χ2n) is 4.11. The van der Waals surface area contributed by atoms with Crippen LogP contribution in [-0.4, -0.2) is 9.49 Å². The summed E-state index contributed by atoms with van der Waals surface area (Å²) >= 11 is 0. The number of nitriles is 1. The fourth-order valence-electron chi connectivity index (χ4n) is 1.58. The normalized spacial score (nSPS) is 10.2. The van der Waals surface area contributed by atoms with E-state index in [-0.39, 0.29) is 6.54 Å². The van der Waals surface area contributed by atoms with Crippen LogP contribution in [-0.2, 0) is 13.0 Å². The Labute approximate surface area is 98.3 Å². The molecule has 0 bridgehead atoms. The standard InChI is InChI=1S/C11H13N3O3/c1-8(2)7-9-3-4-10(14(16)17)11(15)13(9)6-5-12/h3-4,8H,6-7H2,1-2H3. The summed E-state index contributed by atoms with van der Waals surface area (Å²) in [5.41, 5.74) is -0.556. The van der Waals surface area contributed by atoms with Gasteiger partial charge in [0, 0.05) is 11.8 Å². The number of hydrogen-bond acceptors (Lipinski definition) is 4. The highest BCUT2D eigenvalue weighted by Gasteiger charge is 2.17. The second-order valence-corrected chi connectivity index (χ2v) is 4.11. The third-order valence-electron chi connectivity index (χ3n) is 2.29. The highest BCUT2D eigenvalue weighted by Crippen LogP contribution is 2.10. The van der Waals surface area contributed by atoms with Gasteiger partial charge in [-0.1, -0.05) is 13.8 Å². The Morgan fingerprint density at radius 1 is 1.53 bits per heavy atom. The average Bonchev–Trinajstić information content (AvgIpc) is 2.22. The maximum absolute atomic E-state index is 11.8. The van der Waals surface area contributed by atoms with Crippen LogP contribution in [0.5, 0.6) is 0 Å². The van der Waals surface area contributed by atoms with Gasteiger partial charge in [0.05, 0.1) is 11.0 Å². The number of pyridine rings is 1.